The summed E-state index contributed by atoms with van der Waals surface area (Å²) in [6.45, 7) is 5.36. The van der Waals surface area contributed by atoms with Gasteiger partial charge in [0.25, 0.3) is 0 Å². The molecule has 1 aromatic carbocycles. The smallest absolute Gasteiger partial charge is 0.236 e. The highest BCUT2D eigenvalue weighted by Crippen LogP contribution is 2.20. The Labute approximate surface area is 114 Å². The van der Waals surface area contributed by atoms with Crippen LogP contribution >= 0.6 is 11.6 Å². The van der Waals surface area contributed by atoms with Crippen molar-refractivity contribution in [2.24, 2.45) is 0 Å². The minimum Gasteiger partial charge on any atom is -0.338 e. The number of hydrogen-bond donors (Lipinski definition) is 1. The summed E-state index contributed by atoms with van der Waals surface area (Å²) in [7, 11) is 1.83. The number of hydrogen-bond acceptors (Lipinski definition) is 2. The van der Waals surface area contributed by atoms with Gasteiger partial charge in [-0.3, -0.25) is 4.79 Å². The molecule has 1 N–H and O–H groups in total. The van der Waals surface area contributed by atoms with Gasteiger partial charge in [-0.15, -0.1) is 0 Å². The molecule has 0 saturated heterocycles. The first-order valence-corrected chi connectivity index (χ1v) is 6.66. The van der Waals surface area contributed by atoms with Gasteiger partial charge >= 0.3 is 0 Å². The summed E-state index contributed by atoms with van der Waals surface area (Å²) < 4.78 is 0. The molecule has 1 aromatic rings. The Morgan fingerprint density at radius 1 is 1.39 bits per heavy atom. The van der Waals surface area contributed by atoms with Crippen molar-refractivity contribution in [2.45, 2.75) is 26.3 Å². The molecule has 0 radical (unpaired) electrons. The molecule has 0 aliphatic heterocycles. The van der Waals surface area contributed by atoms with Crippen molar-refractivity contribution in [3.05, 3.63) is 34.9 Å². The Kier molecular flexibility index (Phi) is 6.16. The third-order valence-electron chi connectivity index (χ3n) is 3.03. The standard InChI is InChI=1S/C14H21ClN2O/c1-4-9-16-10-14(18)17(3)11(2)12-5-7-13(15)8-6-12/h5-8,11,16H,4,9-10H2,1-3H3. The van der Waals surface area contributed by atoms with Gasteiger partial charge < -0.3 is 10.2 Å². The third kappa shape index (κ3) is 4.31. The highest BCUT2D eigenvalue weighted by molar-refractivity contribution is 6.30. The summed E-state index contributed by atoms with van der Waals surface area (Å²) in [4.78, 5) is 13.7. The Morgan fingerprint density at radius 3 is 2.56 bits per heavy atom. The van der Waals surface area contributed by atoms with Gasteiger partial charge in [0, 0.05) is 12.1 Å². The number of amides is 1. The Bertz CT molecular complexity index is 378. The monoisotopic (exact) mass is 268 g/mol. The van der Waals surface area contributed by atoms with Crippen LogP contribution in [-0.2, 0) is 4.79 Å². The molecule has 1 rings (SSSR count). The predicted octanol–water partition coefficient (Wildman–Crippen LogP) is 2.86. The van der Waals surface area contributed by atoms with Crippen molar-refractivity contribution < 1.29 is 4.79 Å². The van der Waals surface area contributed by atoms with E-state index in [9.17, 15) is 4.79 Å². The largest absolute Gasteiger partial charge is 0.338 e. The van der Waals surface area contributed by atoms with E-state index in [1.807, 2.05) is 38.2 Å². The summed E-state index contributed by atoms with van der Waals surface area (Å²) in [6.07, 6.45) is 1.03. The molecule has 0 aliphatic carbocycles. The lowest BCUT2D eigenvalue weighted by atomic mass is 10.1. The zero-order valence-electron chi connectivity index (χ0n) is 11.2. The number of rotatable bonds is 6. The molecule has 1 atom stereocenters. The molecule has 18 heavy (non-hydrogen) atoms. The van der Waals surface area contributed by atoms with Crippen LogP contribution < -0.4 is 5.32 Å². The van der Waals surface area contributed by atoms with Gasteiger partial charge in [-0.1, -0.05) is 30.7 Å². The second kappa shape index (κ2) is 7.39. The van der Waals surface area contributed by atoms with Crippen LogP contribution in [0.1, 0.15) is 31.9 Å². The minimum absolute atomic E-state index is 0.0539. The van der Waals surface area contributed by atoms with Crippen LogP contribution in [0.4, 0.5) is 0 Å². The number of carbonyl (C=O) groups is 1. The average molecular weight is 269 g/mol. The first-order valence-electron chi connectivity index (χ1n) is 6.28. The van der Waals surface area contributed by atoms with E-state index >= 15 is 0 Å². The van der Waals surface area contributed by atoms with E-state index in [0.29, 0.717) is 11.6 Å². The number of halogens is 1. The third-order valence-corrected chi connectivity index (χ3v) is 3.28. The normalized spacial score (nSPS) is 12.2. The molecule has 0 heterocycles. The number of likely N-dealkylation sites (N-methyl/N-ethyl adjacent to an activating group) is 1. The van der Waals surface area contributed by atoms with Crippen LogP contribution in [0.2, 0.25) is 5.02 Å². The van der Waals surface area contributed by atoms with Gasteiger partial charge in [-0.25, -0.2) is 0 Å². The molecule has 3 nitrogen and oxygen atoms in total. The highest BCUT2D eigenvalue weighted by atomic mass is 35.5. The van der Waals surface area contributed by atoms with Crippen molar-refractivity contribution in [1.29, 1.82) is 0 Å². The summed E-state index contributed by atoms with van der Waals surface area (Å²) in [5, 5.41) is 3.83. The summed E-state index contributed by atoms with van der Waals surface area (Å²) in [6, 6.07) is 7.66. The molecular weight excluding hydrogens is 248 g/mol. The average Bonchev–Trinajstić information content (AvgIpc) is 2.38. The van der Waals surface area contributed by atoms with Crippen molar-refractivity contribution in [3.8, 4) is 0 Å². The number of benzene rings is 1. The lowest BCUT2D eigenvalue weighted by Crippen LogP contribution is -2.37. The summed E-state index contributed by atoms with van der Waals surface area (Å²) in [5.41, 5.74) is 1.09. The maximum Gasteiger partial charge on any atom is 0.236 e. The summed E-state index contributed by atoms with van der Waals surface area (Å²) in [5.74, 6) is 0.103. The molecule has 1 amide bonds. The zero-order chi connectivity index (χ0) is 13.5. The van der Waals surface area contributed by atoms with Crippen LogP contribution in [0.15, 0.2) is 24.3 Å². The van der Waals surface area contributed by atoms with Gasteiger partial charge in [0.1, 0.15) is 0 Å². The van der Waals surface area contributed by atoms with Gasteiger partial charge in [0.05, 0.1) is 12.6 Å². The van der Waals surface area contributed by atoms with E-state index in [-0.39, 0.29) is 11.9 Å². The fourth-order valence-corrected chi connectivity index (χ4v) is 1.80. The molecule has 100 valence electrons. The molecule has 0 bridgehead atoms. The van der Waals surface area contributed by atoms with E-state index in [1.54, 1.807) is 4.90 Å². The number of nitrogens with zero attached hydrogens (tertiary/aromatic N) is 1. The topological polar surface area (TPSA) is 32.3 Å². The van der Waals surface area contributed by atoms with Crippen LogP contribution in [0.25, 0.3) is 0 Å². The quantitative estimate of drug-likeness (QED) is 0.805. The van der Waals surface area contributed by atoms with Gasteiger partial charge in [0.15, 0.2) is 0 Å². The van der Waals surface area contributed by atoms with Crippen LogP contribution in [0, 0.1) is 0 Å². The van der Waals surface area contributed by atoms with Gasteiger partial charge in [-0.05, 0) is 37.6 Å². The first kappa shape index (κ1) is 15.0. The SMILES string of the molecule is CCCNCC(=O)N(C)C(C)c1ccc(Cl)cc1. The Morgan fingerprint density at radius 2 is 2.00 bits per heavy atom. The maximum atomic E-state index is 11.9. The fraction of sp³-hybridized carbons (Fsp3) is 0.500. The van der Waals surface area contributed by atoms with Crippen LogP contribution in [0.3, 0.4) is 0 Å². The first-order chi connectivity index (χ1) is 8.56. The lowest BCUT2D eigenvalue weighted by molar-refractivity contribution is -0.130. The van der Waals surface area contributed by atoms with E-state index in [2.05, 4.69) is 12.2 Å². The zero-order valence-corrected chi connectivity index (χ0v) is 12.0. The Balaban J connectivity index is 2.57. The lowest BCUT2D eigenvalue weighted by Gasteiger charge is -2.25. The maximum absolute atomic E-state index is 11.9. The van der Waals surface area contributed by atoms with Gasteiger partial charge in [-0.2, -0.15) is 0 Å². The number of nitrogens with one attached hydrogen (secondary N) is 1. The molecule has 4 heteroatoms. The second-order valence-corrected chi connectivity index (χ2v) is 4.85. The Hall–Kier alpha value is -1.06. The van der Waals surface area contributed by atoms with Crippen molar-refractivity contribution in [1.82, 2.24) is 10.2 Å². The molecule has 0 aliphatic rings. The van der Waals surface area contributed by atoms with Crippen LogP contribution in [-0.4, -0.2) is 30.9 Å². The van der Waals surface area contributed by atoms with Crippen molar-refractivity contribution in [2.75, 3.05) is 20.1 Å². The molecule has 1 unspecified atom stereocenters. The molecule has 0 saturated carbocycles. The van der Waals surface area contributed by atoms with Crippen molar-refractivity contribution in [3.63, 3.8) is 0 Å². The molecular formula is C14H21ClN2O. The number of carbonyl (C=O) groups excluding carboxylic acids is 1. The predicted molar refractivity (Wildman–Crippen MR) is 75.8 cm³/mol. The van der Waals surface area contributed by atoms with Gasteiger partial charge in [0.2, 0.25) is 5.91 Å². The minimum atomic E-state index is 0.0539. The van der Waals surface area contributed by atoms with E-state index < -0.39 is 0 Å². The van der Waals surface area contributed by atoms with E-state index in [0.717, 1.165) is 18.5 Å². The second-order valence-electron chi connectivity index (χ2n) is 4.41. The highest BCUT2D eigenvalue weighted by Gasteiger charge is 2.16. The van der Waals surface area contributed by atoms with Crippen LogP contribution in [0.5, 0.6) is 0 Å². The molecule has 0 spiro atoms. The van der Waals surface area contributed by atoms with Crippen molar-refractivity contribution >= 4 is 17.5 Å². The molecule has 0 fully saturated rings. The summed E-state index contributed by atoms with van der Waals surface area (Å²) >= 11 is 5.85. The molecule has 0 aromatic heterocycles. The van der Waals surface area contributed by atoms with E-state index in [4.69, 9.17) is 11.6 Å². The van der Waals surface area contributed by atoms with E-state index in [1.165, 1.54) is 0 Å². The fourth-order valence-electron chi connectivity index (χ4n) is 1.68.